The van der Waals surface area contributed by atoms with Crippen molar-refractivity contribution >= 4 is 0 Å². The topological polar surface area (TPSA) is 18.5 Å². The van der Waals surface area contributed by atoms with Gasteiger partial charge in [-0.05, 0) is 13.8 Å². The Bertz CT molecular complexity index is 14.9. The van der Waals surface area contributed by atoms with Crippen LogP contribution >= 0.6 is 0 Å². The third-order valence-electron chi connectivity index (χ3n) is 0.577. The summed E-state index contributed by atoms with van der Waals surface area (Å²) in [6.45, 7) is 5.56. The van der Waals surface area contributed by atoms with Gasteiger partial charge < -0.3 is 9.47 Å². The molecule has 0 bridgehead atoms. The number of rotatable bonds is 2. The van der Waals surface area contributed by atoms with Gasteiger partial charge in [0.1, 0.15) is 0 Å². The van der Waals surface area contributed by atoms with Gasteiger partial charge >= 0.3 is 0 Å². The fourth-order valence-corrected chi connectivity index (χ4v) is 0. The maximum Gasteiger partial charge on any atom is 0.0433 e. The lowest BCUT2D eigenvalue weighted by Crippen LogP contribution is -1.73. The van der Waals surface area contributed by atoms with Gasteiger partial charge in [-0.2, -0.15) is 0 Å². The summed E-state index contributed by atoms with van der Waals surface area (Å²) < 4.78 is 9.08. The molecule has 0 saturated carbocycles. The van der Waals surface area contributed by atoms with Crippen molar-refractivity contribution in [3.63, 3.8) is 0 Å². The van der Waals surface area contributed by atoms with E-state index < -0.39 is 0 Å². The highest BCUT2D eigenvalue weighted by Crippen LogP contribution is 1.52. The molecule has 0 aliphatic heterocycles. The predicted molar refractivity (Wildman–Crippen MR) is 41.8 cm³/mol. The minimum atomic E-state index is 0. The second kappa shape index (κ2) is 24.7. The van der Waals surface area contributed by atoms with Crippen molar-refractivity contribution in [1.82, 2.24) is 0 Å². The van der Waals surface area contributed by atoms with E-state index >= 15 is 0 Å². The van der Waals surface area contributed by atoms with Gasteiger partial charge in [0, 0.05) is 27.4 Å². The minimum absolute atomic E-state index is 0. The third-order valence-corrected chi connectivity index (χ3v) is 0.577. The molecule has 0 aliphatic rings. The molecule has 0 rings (SSSR count). The summed E-state index contributed by atoms with van der Waals surface area (Å²) in [5.41, 5.74) is 0. The van der Waals surface area contributed by atoms with Gasteiger partial charge in [0.15, 0.2) is 0 Å². The van der Waals surface area contributed by atoms with Gasteiger partial charge in [0.2, 0.25) is 0 Å². The van der Waals surface area contributed by atoms with Crippen LogP contribution in [0.15, 0.2) is 0 Å². The molecule has 2 nitrogen and oxygen atoms in total. The van der Waals surface area contributed by atoms with Crippen LogP contribution in [0.5, 0.6) is 0 Å². The number of hydrogen-bond donors (Lipinski definition) is 0. The lowest BCUT2D eigenvalue weighted by molar-refractivity contribution is 0.215. The van der Waals surface area contributed by atoms with Crippen LogP contribution in [0.1, 0.15) is 21.3 Å². The summed E-state index contributed by atoms with van der Waals surface area (Å²) in [5, 5.41) is 0. The van der Waals surface area contributed by atoms with Gasteiger partial charge in [-0.3, -0.25) is 0 Å². The molecule has 0 aromatic rings. The summed E-state index contributed by atoms with van der Waals surface area (Å²) >= 11 is 0. The molecule has 60 valence electrons. The average molecular weight is 136 g/mol. The van der Waals surface area contributed by atoms with Crippen LogP contribution in [-0.2, 0) is 9.47 Å². The molecule has 0 N–H and O–H groups in total. The first-order valence-electron chi connectivity index (χ1n) is 2.81. The normalized spacial score (nSPS) is 6.67. The lowest BCUT2D eigenvalue weighted by atomic mass is 10.9. The lowest BCUT2D eigenvalue weighted by Gasteiger charge is -1.76. The molecule has 0 amide bonds. The molecule has 0 aromatic carbocycles. The van der Waals surface area contributed by atoms with Crippen molar-refractivity contribution < 1.29 is 9.47 Å². The molecule has 0 spiro atoms. The largest absolute Gasteiger partial charge is 0.385 e. The standard InChI is InChI=1S/2C3H8O.CH4/c2*1-3-4-2;/h2*3H2,1-2H3;1H4. The van der Waals surface area contributed by atoms with Gasteiger partial charge in [0.05, 0.1) is 0 Å². The van der Waals surface area contributed by atoms with Gasteiger partial charge in [-0.1, -0.05) is 7.43 Å². The van der Waals surface area contributed by atoms with Gasteiger partial charge in [-0.15, -0.1) is 0 Å². The van der Waals surface area contributed by atoms with E-state index in [4.69, 9.17) is 0 Å². The van der Waals surface area contributed by atoms with E-state index in [0.717, 1.165) is 13.2 Å². The predicted octanol–water partition coefficient (Wildman–Crippen LogP) is 1.94. The molecule has 2 heteroatoms. The molecule has 0 atom stereocenters. The van der Waals surface area contributed by atoms with E-state index in [0.29, 0.717) is 0 Å². The monoisotopic (exact) mass is 136 g/mol. The fraction of sp³-hybridized carbons (Fsp3) is 1.00. The zero-order valence-electron chi connectivity index (χ0n) is 6.23. The molecular weight excluding hydrogens is 116 g/mol. The van der Waals surface area contributed by atoms with Crippen molar-refractivity contribution in [3.05, 3.63) is 0 Å². The smallest absolute Gasteiger partial charge is 0.0433 e. The summed E-state index contributed by atoms with van der Waals surface area (Å²) in [5.74, 6) is 0. The van der Waals surface area contributed by atoms with E-state index in [2.05, 4.69) is 9.47 Å². The first kappa shape index (κ1) is 16.0. The Morgan fingerprint density at radius 3 is 1.00 bits per heavy atom. The van der Waals surface area contributed by atoms with Crippen molar-refractivity contribution in [2.45, 2.75) is 21.3 Å². The van der Waals surface area contributed by atoms with Crippen molar-refractivity contribution in [1.29, 1.82) is 0 Å². The van der Waals surface area contributed by atoms with E-state index in [9.17, 15) is 0 Å². The Morgan fingerprint density at radius 2 is 1.00 bits per heavy atom. The highest BCUT2D eigenvalue weighted by atomic mass is 16.5. The molecular formula is C7H20O2. The van der Waals surface area contributed by atoms with Crippen LogP contribution in [0.25, 0.3) is 0 Å². The minimum Gasteiger partial charge on any atom is -0.385 e. The molecule has 0 heterocycles. The van der Waals surface area contributed by atoms with E-state index in [1.165, 1.54) is 0 Å². The van der Waals surface area contributed by atoms with Gasteiger partial charge in [-0.25, -0.2) is 0 Å². The van der Waals surface area contributed by atoms with Crippen LogP contribution in [0, 0.1) is 0 Å². The maximum atomic E-state index is 4.54. The highest BCUT2D eigenvalue weighted by molar-refractivity contribution is 3.95. The molecule has 0 fully saturated rings. The highest BCUT2D eigenvalue weighted by Gasteiger charge is 1.51. The third kappa shape index (κ3) is 75.3. The van der Waals surface area contributed by atoms with Crippen LogP contribution in [-0.4, -0.2) is 27.4 Å². The quantitative estimate of drug-likeness (QED) is 0.577. The molecule has 0 aromatic heterocycles. The average Bonchev–Trinajstić information content (AvgIpc) is 1.88. The van der Waals surface area contributed by atoms with Crippen LogP contribution < -0.4 is 0 Å². The second-order valence-electron chi connectivity index (χ2n) is 1.15. The van der Waals surface area contributed by atoms with E-state index in [-0.39, 0.29) is 7.43 Å². The Kier molecular flexibility index (Phi) is 43.8. The first-order valence-corrected chi connectivity index (χ1v) is 2.81. The number of ether oxygens (including phenoxy) is 2. The van der Waals surface area contributed by atoms with E-state index in [1.807, 2.05) is 13.8 Å². The SMILES string of the molecule is C.CCOC.CCOC. The zero-order valence-corrected chi connectivity index (χ0v) is 6.23. The van der Waals surface area contributed by atoms with Crippen LogP contribution in [0.4, 0.5) is 0 Å². The van der Waals surface area contributed by atoms with Crippen molar-refractivity contribution in [2.75, 3.05) is 27.4 Å². The number of hydrogen-bond acceptors (Lipinski definition) is 2. The molecule has 0 aliphatic carbocycles. The fourth-order valence-electron chi connectivity index (χ4n) is 0. The Hall–Kier alpha value is -0.0800. The molecule has 0 saturated heterocycles. The summed E-state index contributed by atoms with van der Waals surface area (Å²) in [7, 11) is 3.36. The van der Waals surface area contributed by atoms with Crippen LogP contribution in [0.2, 0.25) is 0 Å². The Morgan fingerprint density at radius 1 is 0.889 bits per heavy atom. The van der Waals surface area contributed by atoms with Gasteiger partial charge in [0.25, 0.3) is 0 Å². The Balaban J connectivity index is -0.0000000720. The van der Waals surface area contributed by atoms with Crippen molar-refractivity contribution in [2.24, 2.45) is 0 Å². The molecule has 0 unspecified atom stereocenters. The zero-order chi connectivity index (χ0) is 6.83. The maximum absolute atomic E-state index is 4.54. The first-order chi connectivity index (χ1) is 3.83. The molecule has 9 heavy (non-hydrogen) atoms. The Labute approximate surface area is 59.2 Å². The summed E-state index contributed by atoms with van der Waals surface area (Å²) in [6, 6.07) is 0. The molecule has 0 radical (unpaired) electrons. The summed E-state index contributed by atoms with van der Waals surface area (Å²) in [4.78, 5) is 0. The summed E-state index contributed by atoms with van der Waals surface area (Å²) in [6.07, 6.45) is 0. The van der Waals surface area contributed by atoms with Crippen molar-refractivity contribution in [3.8, 4) is 0 Å². The second-order valence-corrected chi connectivity index (χ2v) is 1.15. The van der Waals surface area contributed by atoms with Crippen LogP contribution in [0.3, 0.4) is 0 Å². The number of methoxy groups -OCH3 is 2. The van der Waals surface area contributed by atoms with E-state index in [1.54, 1.807) is 14.2 Å².